The van der Waals surface area contributed by atoms with E-state index in [9.17, 15) is 9.90 Å². The zero-order chi connectivity index (χ0) is 12.5. The topological polar surface area (TPSA) is 54.3 Å². The first-order valence-electron chi connectivity index (χ1n) is 6.14. The Morgan fingerprint density at radius 1 is 1.47 bits per heavy atom. The molecule has 17 heavy (non-hydrogen) atoms. The van der Waals surface area contributed by atoms with E-state index in [1.807, 2.05) is 30.7 Å². The van der Waals surface area contributed by atoms with Gasteiger partial charge in [0, 0.05) is 12.7 Å². The quantitative estimate of drug-likeness (QED) is 0.832. The van der Waals surface area contributed by atoms with Gasteiger partial charge in [0.05, 0.1) is 12.1 Å². The molecule has 4 nitrogen and oxygen atoms in total. The molecule has 2 N–H and O–H groups in total. The molecule has 4 heteroatoms. The van der Waals surface area contributed by atoms with Gasteiger partial charge in [-0.2, -0.15) is 0 Å². The molecule has 94 valence electrons. The Labute approximate surface area is 102 Å². The Hall–Kier alpha value is -1.29. The summed E-state index contributed by atoms with van der Waals surface area (Å²) < 4.78 is 1.87. The van der Waals surface area contributed by atoms with Crippen LogP contribution in [-0.4, -0.2) is 27.7 Å². The highest BCUT2D eigenvalue weighted by Gasteiger charge is 2.35. The largest absolute Gasteiger partial charge is 0.394 e. The van der Waals surface area contributed by atoms with E-state index in [2.05, 4.69) is 5.32 Å². The van der Waals surface area contributed by atoms with Crippen molar-refractivity contribution in [2.24, 2.45) is 7.05 Å². The molecule has 0 saturated heterocycles. The van der Waals surface area contributed by atoms with Crippen LogP contribution in [-0.2, 0) is 7.05 Å². The number of aliphatic hydroxyl groups is 1. The number of aromatic nitrogens is 1. The number of aryl methyl sites for hydroxylation is 1. The maximum Gasteiger partial charge on any atom is 0.268 e. The van der Waals surface area contributed by atoms with Gasteiger partial charge in [0.25, 0.3) is 5.91 Å². The number of aliphatic hydroxyl groups excluding tert-OH is 1. The summed E-state index contributed by atoms with van der Waals surface area (Å²) in [4.78, 5) is 12.2. The van der Waals surface area contributed by atoms with Gasteiger partial charge in [-0.3, -0.25) is 4.79 Å². The van der Waals surface area contributed by atoms with E-state index >= 15 is 0 Å². The third kappa shape index (κ3) is 2.22. The van der Waals surface area contributed by atoms with Crippen LogP contribution in [0, 0.1) is 6.92 Å². The van der Waals surface area contributed by atoms with E-state index in [-0.39, 0.29) is 12.5 Å². The smallest absolute Gasteiger partial charge is 0.268 e. The molecular weight excluding hydrogens is 216 g/mol. The minimum Gasteiger partial charge on any atom is -0.394 e. The van der Waals surface area contributed by atoms with Crippen LogP contribution in [0.15, 0.2) is 12.1 Å². The fourth-order valence-electron chi connectivity index (χ4n) is 2.52. The first kappa shape index (κ1) is 12.2. The summed E-state index contributed by atoms with van der Waals surface area (Å²) in [6.07, 6.45) is 3.90. The van der Waals surface area contributed by atoms with Crippen molar-refractivity contribution in [2.75, 3.05) is 6.61 Å². The van der Waals surface area contributed by atoms with E-state index in [1.54, 1.807) is 0 Å². The molecule has 1 aromatic rings. The second kappa shape index (κ2) is 4.53. The maximum absolute atomic E-state index is 12.2. The molecule has 1 aliphatic carbocycles. The van der Waals surface area contributed by atoms with Crippen LogP contribution >= 0.6 is 0 Å². The van der Waals surface area contributed by atoms with E-state index in [0.29, 0.717) is 5.69 Å². The maximum atomic E-state index is 12.2. The molecule has 0 aliphatic heterocycles. The Morgan fingerprint density at radius 3 is 2.59 bits per heavy atom. The molecule has 1 fully saturated rings. The number of hydrogen-bond acceptors (Lipinski definition) is 2. The minimum atomic E-state index is -0.394. The summed E-state index contributed by atoms with van der Waals surface area (Å²) in [5.74, 6) is -0.0865. The van der Waals surface area contributed by atoms with Crippen LogP contribution in [0.5, 0.6) is 0 Å². The summed E-state index contributed by atoms with van der Waals surface area (Å²) >= 11 is 0. The third-order valence-electron chi connectivity index (χ3n) is 3.85. The fourth-order valence-corrected chi connectivity index (χ4v) is 2.52. The Kier molecular flexibility index (Phi) is 3.24. The molecule has 1 aromatic heterocycles. The first-order valence-corrected chi connectivity index (χ1v) is 6.14. The van der Waals surface area contributed by atoms with Crippen molar-refractivity contribution in [3.05, 3.63) is 23.5 Å². The predicted octanol–water partition coefficient (Wildman–Crippen LogP) is 1.37. The predicted molar refractivity (Wildman–Crippen MR) is 65.9 cm³/mol. The van der Waals surface area contributed by atoms with Crippen LogP contribution in [0.2, 0.25) is 0 Å². The lowest BCUT2D eigenvalue weighted by atomic mass is 9.99. The van der Waals surface area contributed by atoms with Crippen molar-refractivity contribution in [3.63, 3.8) is 0 Å². The molecule has 0 unspecified atom stereocenters. The molecular formula is C13H20N2O2. The van der Waals surface area contributed by atoms with E-state index in [4.69, 9.17) is 0 Å². The molecule has 0 bridgehead atoms. The number of rotatable bonds is 3. The first-order chi connectivity index (χ1) is 8.08. The Bertz CT molecular complexity index is 417. The average Bonchev–Trinajstić information content (AvgIpc) is 2.89. The van der Waals surface area contributed by atoms with Gasteiger partial charge >= 0.3 is 0 Å². The molecule has 1 saturated carbocycles. The van der Waals surface area contributed by atoms with Gasteiger partial charge in [0.1, 0.15) is 5.69 Å². The number of amides is 1. The van der Waals surface area contributed by atoms with Crippen molar-refractivity contribution in [1.82, 2.24) is 9.88 Å². The number of nitrogens with zero attached hydrogens (tertiary/aromatic N) is 1. The lowest BCUT2D eigenvalue weighted by Crippen LogP contribution is -2.49. The van der Waals surface area contributed by atoms with Gasteiger partial charge in [-0.25, -0.2) is 0 Å². The van der Waals surface area contributed by atoms with Gasteiger partial charge < -0.3 is 15.0 Å². The van der Waals surface area contributed by atoms with Crippen molar-refractivity contribution in [3.8, 4) is 0 Å². The van der Waals surface area contributed by atoms with Gasteiger partial charge in [-0.05, 0) is 31.9 Å². The van der Waals surface area contributed by atoms with Gasteiger partial charge in [-0.1, -0.05) is 12.8 Å². The van der Waals surface area contributed by atoms with Crippen LogP contribution in [0.3, 0.4) is 0 Å². The second-order valence-electron chi connectivity index (χ2n) is 5.02. The van der Waals surface area contributed by atoms with Crippen LogP contribution < -0.4 is 5.32 Å². The summed E-state index contributed by atoms with van der Waals surface area (Å²) in [5, 5.41) is 12.5. The minimum absolute atomic E-state index is 0.0299. The second-order valence-corrected chi connectivity index (χ2v) is 5.02. The molecule has 1 amide bonds. The van der Waals surface area contributed by atoms with E-state index < -0.39 is 5.54 Å². The van der Waals surface area contributed by atoms with Crippen LogP contribution in [0.4, 0.5) is 0 Å². The summed E-state index contributed by atoms with van der Waals surface area (Å²) in [6, 6.07) is 3.75. The molecule has 0 spiro atoms. The molecule has 0 aromatic carbocycles. The SMILES string of the molecule is Cc1ccc(C(=O)NC2(CO)CCCC2)n1C. The lowest BCUT2D eigenvalue weighted by Gasteiger charge is -2.28. The zero-order valence-electron chi connectivity index (χ0n) is 10.5. The summed E-state index contributed by atoms with van der Waals surface area (Å²) in [6.45, 7) is 2.00. The number of hydrogen-bond donors (Lipinski definition) is 2. The number of carbonyl (C=O) groups excluding carboxylic acids is 1. The van der Waals surface area contributed by atoms with Gasteiger partial charge in [0.2, 0.25) is 0 Å². The fraction of sp³-hybridized carbons (Fsp3) is 0.615. The monoisotopic (exact) mass is 236 g/mol. The summed E-state index contributed by atoms with van der Waals surface area (Å²) in [5.41, 5.74) is 1.32. The highest BCUT2D eigenvalue weighted by Crippen LogP contribution is 2.29. The Morgan fingerprint density at radius 2 is 2.12 bits per heavy atom. The highest BCUT2D eigenvalue weighted by molar-refractivity contribution is 5.93. The van der Waals surface area contributed by atoms with Crippen molar-refractivity contribution < 1.29 is 9.90 Å². The average molecular weight is 236 g/mol. The highest BCUT2D eigenvalue weighted by atomic mass is 16.3. The molecule has 1 heterocycles. The van der Waals surface area contributed by atoms with Crippen LogP contribution in [0.25, 0.3) is 0 Å². The third-order valence-corrected chi connectivity index (χ3v) is 3.85. The van der Waals surface area contributed by atoms with Crippen LogP contribution in [0.1, 0.15) is 41.9 Å². The van der Waals surface area contributed by atoms with Crippen molar-refractivity contribution >= 4 is 5.91 Å². The van der Waals surface area contributed by atoms with Crippen molar-refractivity contribution in [2.45, 2.75) is 38.1 Å². The van der Waals surface area contributed by atoms with E-state index in [1.165, 1.54) is 0 Å². The lowest BCUT2D eigenvalue weighted by molar-refractivity contribution is 0.0830. The van der Waals surface area contributed by atoms with Gasteiger partial charge in [0.15, 0.2) is 0 Å². The molecule has 0 radical (unpaired) electrons. The zero-order valence-corrected chi connectivity index (χ0v) is 10.5. The molecule has 1 aliphatic rings. The normalized spacial score (nSPS) is 18.3. The number of nitrogens with one attached hydrogen (secondary N) is 1. The molecule has 2 rings (SSSR count). The summed E-state index contributed by atoms with van der Waals surface area (Å²) in [7, 11) is 1.88. The standard InChI is InChI=1S/C13H20N2O2/c1-10-5-6-11(15(10)2)12(17)14-13(9-16)7-3-4-8-13/h5-6,16H,3-4,7-9H2,1-2H3,(H,14,17). The van der Waals surface area contributed by atoms with Gasteiger partial charge in [-0.15, -0.1) is 0 Å². The molecule has 0 atom stereocenters. The Balaban J connectivity index is 2.13. The van der Waals surface area contributed by atoms with Crippen molar-refractivity contribution in [1.29, 1.82) is 0 Å². The number of carbonyl (C=O) groups is 1. The van der Waals surface area contributed by atoms with E-state index in [0.717, 1.165) is 31.4 Å².